The van der Waals surface area contributed by atoms with Crippen molar-refractivity contribution >= 4 is 18.2 Å². The Morgan fingerprint density at radius 2 is 1.88 bits per heavy atom. The summed E-state index contributed by atoms with van der Waals surface area (Å²) in [6.07, 6.45) is 4.23. The molecule has 3 rings (SSSR count). The highest BCUT2D eigenvalue weighted by Gasteiger charge is 2.25. The number of rotatable bonds is 7. The Bertz CT molecular complexity index is 1010. The fraction of sp³-hybridized carbons (Fsp3) is 0.346. The second-order valence-corrected chi connectivity index (χ2v) is 8.13. The van der Waals surface area contributed by atoms with Crippen LogP contribution in [0.15, 0.2) is 59.7 Å². The molecular formula is C26H30N4O3. The molecule has 0 aromatic heterocycles. The average Bonchev–Trinajstić information content (AvgIpc) is 2.83. The maximum Gasteiger partial charge on any atom is 0.328 e. The van der Waals surface area contributed by atoms with Crippen LogP contribution in [0.1, 0.15) is 36.0 Å². The van der Waals surface area contributed by atoms with Gasteiger partial charge in [0.2, 0.25) is 5.91 Å². The maximum absolute atomic E-state index is 12.7. The summed E-state index contributed by atoms with van der Waals surface area (Å²) < 4.78 is 4.92. The Kier molecular flexibility index (Phi) is 8.89. The number of carbonyl (C=O) groups is 2. The van der Waals surface area contributed by atoms with Crippen molar-refractivity contribution in [2.45, 2.75) is 31.7 Å². The van der Waals surface area contributed by atoms with Crippen molar-refractivity contribution in [3.05, 3.63) is 71.3 Å². The van der Waals surface area contributed by atoms with Crippen LogP contribution in [0, 0.1) is 17.8 Å². The highest BCUT2D eigenvalue weighted by atomic mass is 16.5. The van der Waals surface area contributed by atoms with E-state index < -0.39 is 12.0 Å². The van der Waals surface area contributed by atoms with Crippen molar-refractivity contribution in [3.8, 4) is 11.8 Å². The van der Waals surface area contributed by atoms with Gasteiger partial charge in [-0.25, -0.2) is 4.79 Å². The van der Waals surface area contributed by atoms with Gasteiger partial charge in [-0.3, -0.25) is 4.79 Å². The molecule has 0 aliphatic carbocycles. The van der Waals surface area contributed by atoms with Crippen LogP contribution >= 0.6 is 0 Å². The van der Waals surface area contributed by atoms with Gasteiger partial charge in [0.05, 0.1) is 7.11 Å². The summed E-state index contributed by atoms with van der Waals surface area (Å²) in [6, 6.07) is 16.7. The van der Waals surface area contributed by atoms with E-state index in [-0.39, 0.29) is 11.8 Å². The van der Waals surface area contributed by atoms with Crippen LogP contribution in [0.3, 0.4) is 0 Å². The molecule has 1 heterocycles. The molecule has 1 saturated heterocycles. The number of piperidine rings is 1. The largest absolute Gasteiger partial charge is 0.467 e. The molecule has 172 valence electrons. The number of hydrogen-bond donors (Lipinski definition) is 2. The minimum absolute atomic E-state index is 0.160. The van der Waals surface area contributed by atoms with Gasteiger partial charge in [0.15, 0.2) is 0 Å². The number of ether oxygens (including phenoxy) is 1. The van der Waals surface area contributed by atoms with Crippen LogP contribution in [0.4, 0.5) is 0 Å². The SMILES string of the molecule is COC(=O)[C@H](Cc1ccc(C#Cc2ccccc2)cc1)NC(=O)CC1CCCN(C=NN)C1. The molecule has 7 heteroatoms. The molecule has 0 bridgehead atoms. The van der Waals surface area contributed by atoms with Crippen molar-refractivity contribution in [3.63, 3.8) is 0 Å². The predicted molar refractivity (Wildman–Crippen MR) is 128 cm³/mol. The summed E-state index contributed by atoms with van der Waals surface area (Å²) in [7, 11) is 1.33. The predicted octanol–water partition coefficient (Wildman–Crippen LogP) is 2.29. The molecule has 1 unspecified atom stereocenters. The summed E-state index contributed by atoms with van der Waals surface area (Å²) in [5, 5.41) is 6.42. The lowest BCUT2D eigenvalue weighted by atomic mass is 9.94. The number of nitrogens with two attached hydrogens (primary N) is 1. The number of nitrogens with zero attached hydrogens (tertiary/aromatic N) is 2. The standard InChI is InChI=1S/C26H30N4O3/c1-33-26(32)24(29-25(31)17-23-8-5-15-30(18-23)19-28-27)16-22-13-11-21(12-14-22)10-9-20-6-3-2-4-7-20/h2-4,6-7,11-14,19,23-24H,5,8,15-18,27H2,1H3,(H,29,31)/t23?,24-/m0/s1. The van der Waals surface area contributed by atoms with Crippen LogP contribution in [-0.2, 0) is 20.7 Å². The molecule has 1 aliphatic rings. The quantitative estimate of drug-likeness (QED) is 0.170. The minimum Gasteiger partial charge on any atom is -0.467 e. The number of amides is 1. The molecule has 0 spiro atoms. The summed E-state index contributed by atoms with van der Waals surface area (Å²) in [5.74, 6) is 11.1. The van der Waals surface area contributed by atoms with Crippen LogP contribution in [-0.4, -0.2) is 49.4 Å². The number of esters is 1. The van der Waals surface area contributed by atoms with E-state index in [0.717, 1.165) is 42.6 Å². The third-order valence-electron chi connectivity index (χ3n) is 5.59. The fourth-order valence-corrected chi connectivity index (χ4v) is 3.94. The van der Waals surface area contributed by atoms with E-state index in [1.165, 1.54) is 7.11 Å². The van der Waals surface area contributed by atoms with Crippen molar-refractivity contribution in [2.75, 3.05) is 20.2 Å². The van der Waals surface area contributed by atoms with E-state index in [2.05, 4.69) is 22.3 Å². The molecule has 33 heavy (non-hydrogen) atoms. The van der Waals surface area contributed by atoms with Gasteiger partial charge in [0.1, 0.15) is 12.4 Å². The summed E-state index contributed by atoms with van der Waals surface area (Å²) in [6.45, 7) is 1.61. The molecule has 3 N–H and O–H groups in total. The van der Waals surface area contributed by atoms with Gasteiger partial charge in [-0.2, -0.15) is 5.10 Å². The first-order valence-corrected chi connectivity index (χ1v) is 11.1. The Hall–Kier alpha value is -3.79. The summed E-state index contributed by atoms with van der Waals surface area (Å²) in [4.78, 5) is 27.0. The number of carbonyl (C=O) groups excluding carboxylic acids is 2. The summed E-state index contributed by atoms with van der Waals surface area (Å²) in [5.41, 5.74) is 2.74. The minimum atomic E-state index is -0.742. The van der Waals surface area contributed by atoms with E-state index in [4.69, 9.17) is 10.6 Å². The molecule has 1 fully saturated rings. The van der Waals surface area contributed by atoms with Gasteiger partial charge in [-0.05, 0) is 48.6 Å². The van der Waals surface area contributed by atoms with Crippen molar-refractivity contribution in [1.82, 2.24) is 10.2 Å². The smallest absolute Gasteiger partial charge is 0.328 e. The third kappa shape index (κ3) is 7.69. The first-order chi connectivity index (χ1) is 16.1. The zero-order valence-electron chi connectivity index (χ0n) is 18.9. The number of methoxy groups -OCH3 is 1. The normalized spacial score (nSPS) is 16.5. The van der Waals surface area contributed by atoms with E-state index in [0.29, 0.717) is 12.8 Å². The molecule has 0 saturated carbocycles. The lowest BCUT2D eigenvalue weighted by Gasteiger charge is -2.31. The average molecular weight is 447 g/mol. The van der Waals surface area contributed by atoms with E-state index in [1.807, 2.05) is 59.5 Å². The lowest BCUT2D eigenvalue weighted by Crippen LogP contribution is -2.44. The first kappa shape index (κ1) is 23.9. The number of hydrogen-bond acceptors (Lipinski definition) is 5. The highest BCUT2D eigenvalue weighted by molar-refractivity contribution is 5.84. The highest BCUT2D eigenvalue weighted by Crippen LogP contribution is 2.19. The van der Waals surface area contributed by atoms with Crippen LogP contribution in [0.5, 0.6) is 0 Å². The summed E-state index contributed by atoms with van der Waals surface area (Å²) >= 11 is 0. The number of nitrogens with one attached hydrogen (secondary N) is 1. The molecule has 7 nitrogen and oxygen atoms in total. The Morgan fingerprint density at radius 1 is 1.18 bits per heavy atom. The van der Waals surface area contributed by atoms with Crippen LogP contribution in [0.2, 0.25) is 0 Å². The molecule has 0 radical (unpaired) electrons. The number of likely N-dealkylation sites (tertiary alicyclic amines) is 1. The van der Waals surface area contributed by atoms with E-state index in [9.17, 15) is 9.59 Å². The molecular weight excluding hydrogens is 416 g/mol. The van der Waals surface area contributed by atoms with E-state index in [1.54, 1.807) is 6.34 Å². The van der Waals surface area contributed by atoms with Gasteiger partial charge in [-0.15, -0.1) is 0 Å². The van der Waals surface area contributed by atoms with Crippen LogP contribution in [0.25, 0.3) is 0 Å². The third-order valence-corrected chi connectivity index (χ3v) is 5.59. The monoisotopic (exact) mass is 446 g/mol. The molecule has 2 atom stereocenters. The Morgan fingerprint density at radius 3 is 2.55 bits per heavy atom. The lowest BCUT2D eigenvalue weighted by molar-refractivity contribution is -0.145. The van der Waals surface area contributed by atoms with Gasteiger partial charge in [0.25, 0.3) is 0 Å². The van der Waals surface area contributed by atoms with Gasteiger partial charge < -0.3 is 20.8 Å². The number of benzene rings is 2. The first-order valence-electron chi connectivity index (χ1n) is 11.1. The Labute approximate surface area is 195 Å². The second-order valence-electron chi connectivity index (χ2n) is 8.13. The van der Waals surface area contributed by atoms with Gasteiger partial charge >= 0.3 is 5.97 Å². The zero-order chi connectivity index (χ0) is 23.5. The molecule has 2 aromatic rings. The van der Waals surface area contributed by atoms with Crippen molar-refractivity contribution < 1.29 is 14.3 Å². The second kappa shape index (κ2) is 12.3. The van der Waals surface area contributed by atoms with Gasteiger partial charge in [-0.1, -0.05) is 42.2 Å². The van der Waals surface area contributed by atoms with Crippen LogP contribution < -0.4 is 11.2 Å². The molecule has 1 aliphatic heterocycles. The fourth-order valence-electron chi connectivity index (χ4n) is 3.94. The van der Waals surface area contributed by atoms with Crippen molar-refractivity contribution in [1.29, 1.82) is 0 Å². The maximum atomic E-state index is 12.7. The molecule has 1 amide bonds. The zero-order valence-corrected chi connectivity index (χ0v) is 18.9. The van der Waals surface area contributed by atoms with Crippen molar-refractivity contribution in [2.24, 2.45) is 16.9 Å². The number of hydrazone groups is 1. The Balaban J connectivity index is 1.58. The topological polar surface area (TPSA) is 97.0 Å². The van der Waals surface area contributed by atoms with Gasteiger partial charge in [0, 0.05) is 37.1 Å². The molecule has 2 aromatic carbocycles. The van der Waals surface area contributed by atoms with E-state index >= 15 is 0 Å².